The number of amides is 1. The summed E-state index contributed by atoms with van der Waals surface area (Å²) < 4.78 is 0. The van der Waals surface area contributed by atoms with E-state index in [1.54, 1.807) is 0 Å². The smallest absolute Gasteiger partial charge is 0.220 e. The van der Waals surface area contributed by atoms with Crippen molar-refractivity contribution in [1.29, 1.82) is 0 Å². The lowest BCUT2D eigenvalue weighted by molar-refractivity contribution is -0.121. The van der Waals surface area contributed by atoms with E-state index in [0.29, 0.717) is 6.42 Å². The van der Waals surface area contributed by atoms with Gasteiger partial charge in [-0.3, -0.25) is 4.79 Å². The highest BCUT2D eigenvalue weighted by atomic mass is 16.1. The van der Waals surface area contributed by atoms with E-state index < -0.39 is 0 Å². The van der Waals surface area contributed by atoms with E-state index in [9.17, 15) is 4.79 Å². The molecule has 0 saturated heterocycles. The fraction of sp³-hybridized carbons (Fsp3) is 0.880. The van der Waals surface area contributed by atoms with Gasteiger partial charge in [0.15, 0.2) is 0 Å². The van der Waals surface area contributed by atoms with Crippen molar-refractivity contribution in [3.63, 3.8) is 0 Å². The van der Waals surface area contributed by atoms with Gasteiger partial charge in [0.2, 0.25) is 5.91 Å². The molecule has 0 heterocycles. The first-order valence-electron chi connectivity index (χ1n) is 11.9. The number of nitrogens with one attached hydrogen (secondary N) is 1. The third kappa shape index (κ3) is 19.9. The van der Waals surface area contributed by atoms with Crippen molar-refractivity contribution >= 4 is 5.91 Å². The third-order valence-corrected chi connectivity index (χ3v) is 5.17. The Labute approximate surface area is 176 Å². The van der Waals surface area contributed by atoms with Crippen LogP contribution in [-0.4, -0.2) is 38.0 Å². The zero-order valence-electron chi connectivity index (χ0n) is 19.8. The molecule has 28 heavy (non-hydrogen) atoms. The molecule has 0 aromatic carbocycles. The summed E-state index contributed by atoms with van der Waals surface area (Å²) in [4.78, 5) is 14.2. The standard InChI is InChI=1S/C25H50N2O/c1-6-7-8-9-10-11-12-13-14-15-16-17-18-19-20-21-24(28)26-22-25(2,3)23-27(4)5/h13-14H,6-12,15-23H2,1-5H3,(H,26,28)/b14-13-. The molecule has 1 amide bonds. The van der Waals surface area contributed by atoms with Gasteiger partial charge in [-0.2, -0.15) is 0 Å². The summed E-state index contributed by atoms with van der Waals surface area (Å²) in [6, 6.07) is 0. The van der Waals surface area contributed by atoms with Crippen LogP contribution in [0.25, 0.3) is 0 Å². The monoisotopic (exact) mass is 394 g/mol. The van der Waals surface area contributed by atoms with E-state index in [1.165, 1.54) is 77.0 Å². The normalized spacial score (nSPS) is 12.2. The van der Waals surface area contributed by atoms with Gasteiger partial charge in [-0.05, 0) is 51.6 Å². The van der Waals surface area contributed by atoms with Crippen molar-refractivity contribution in [2.45, 2.75) is 111 Å². The number of unbranched alkanes of at least 4 members (excludes halogenated alkanes) is 11. The van der Waals surface area contributed by atoms with Gasteiger partial charge in [0.25, 0.3) is 0 Å². The van der Waals surface area contributed by atoms with Crippen molar-refractivity contribution in [3.05, 3.63) is 12.2 Å². The molecule has 0 aliphatic heterocycles. The van der Waals surface area contributed by atoms with Gasteiger partial charge in [-0.25, -0.2) is 0 Å². The lowest BCUT2D eigenvalue weighted by atomic mass is 9.93. The van der Waals surface area contributed by atoms with Crippen LogP contribution < -0.4 is 5.32 Å². The van der Waals surface area contributed by atoms with Crippen LogP contribution in [-0.2, 0) is 4.79 Å². The average Bonchev–Trinajstić information content (AvgIpc) is 2.62. The molecule has 0 aliphatic rings. The molecule has 3 nitrogen and oxygen atoms in total. The maximum absolute atomic E-state index is 12.0. The van der Waals surface area contributed by atoms with Crippen LogP contribution >= 0.6 is 0 Å². The topological polar surface area (TPSA) is 32.3 Å². The summed E-state index contributed by atoms with van der Waals surface area (Å²) in [7, 11) is 4.16. The summed E-state index contributed by atoms with van der Waals surface area (Å²) >= 11 is 0. The maximum atomic E-state index is 12.0. The lowest BCUT2D eigenvalue weighted by Gasteiger charge is -2.28. The quantitative estimate of drug-likeness (QED) is 0.195. The van der Waals surface area contributed by atoms with E-state index in [-0.39, 0.29) is 11.3 Å². The number of nitrogens with zero attached hydrogens (tertiary/aromatic N) is 1. The second-order valence-corrected chi connectivity index (χ2v) is 9.51. The van der Waals surface area contributed by atoms with E-state index in [2.05, 4.69) is 57.2 Å². The molecular weight excluding hydrogens is 344 g/mol. The number of hydrogen-bond donors (Lipinski definition) is 1. The Balaban J connectivity index is 3.40. The van der Waals surface area contributed by atoms with Crippen LogP contribution in [0.2, 0.25) is 0 Å². The lowest BCUT2D eigenvalue weighted by Crippen LogP contribution is -2.39. The van der Waals surface area contributed by atoms with E-state index >= 15 is 0 Å². The molecule has 0 spiro atoms. The number of carbonyl (C=O) groups excluding carboxylic acids is 1. The largest absolute Gasteiger partial charge is 0.356 e. The molecule has 1 N–H and O–H groups in total. The average molecular weight is 395 g/mol. The molecule has 0 radical (unpaired) electrons. The predicted molar refractivity (Wildman–Crippen MR) is 125 cm³/mol. The van der Waals surface area contributed by atoms with Gasteiger partial charge in [0.1, 0.15) is 0 Å². The van der Waals surface area contributed by atoms with Crippen molar-refractivity contribution < 1.29 is 4.79 Å². The van der Waals surface area contributed by atoms with Crippen LogP contribution in [0.3, 0.4) is 0 Å². The van der Waals surface area contributed by atoms with Crippen molar-refractivity contribution in [1.82, 2.24) is 10.2 Å². The molecule has 0 aromatic heterocycles. The zero-order valence-corrected chi connectivity index (χ0v) is 19.8. The van der Waals surface area contributed by atoms with E-state index in [4.69, 9.17) is 0 Å². The molecule has 0 aromatic rings. The molecule has 0 rings (SSSR count). The maximum Gasteiger partial charge on any atom is 0.220 e. The van der Waals surface area contributed by atoms with Crippen LogP contribution in [0.15, 0.2) is 12.2 Å². The van der Waals surface area contributed by atoms with Crippen LogP contribution in [0.5, 0.6) is 0 Å². The predicted octanol–water partition coefficient (Wildman–Crippen LogP) is 6.73. The molecule has 0 aliphatic carbocycles. The molecule has 0 unspecified atom stereocenters. The Morgan fingerprint density at radius 1 is 0.821 bits per heavy atom. The SMILES string of the molecule is CCCCCCCC/C=C\CCCCCCCC(=O)NCC(C)(C)CN(C)C. The van der Waals surface area contributed by atoms with Gasteiger partial charge >= 0.3 is 0 Å². The first-order chi connectivity index (χ1) is 13.4. The fourth-order valence-electron chi connectivity index (χ4n) is 3.69. The van der Waals surface area contributed by atoms with E-state index in [1.807, 2.05) is 0 Å². The summed E-state index contributed by atoms with van der Waals surface area (Å²) in [5.41, 5.74) is 0.127. The molecular formula is C25H50N2O. The van der Waals surface area contributed by atoms with Gasteiger partial charge in [0.05, 0.1) is 0 Å². The molecule has 0 saturated carbocycles. The Morgan fingerprint density at radius 3 is 1.86 bits per heavy atom. The summed E-state index contributed by atoms with van der Waals surface area (Å²) in [5, 5.41) is 3.10. The van der Waals surface area contributed by atoms with Crippen molar-refractivity contribution in [2.24, 2.45) is 5.41 Å². The van der Waals surface area contributed by atoms with Gasteiger partial charge < -0.3 is 10.2 Å². The number of hydrogen-bond acceptors (Lipinski definition) is 2. The van der Waals surface area contributed by atoms with Gasteiger partial charge in [-0.1, -0.05) is 84.3 Å². The molecule has 3 heteroatoms. The highest BCUT2D eigenvalue weighted by Crippen LogP contribution is 2.14. The number of carbonyl (C=O) groups is 1. The molecule has 0 fully saturated rings. The van der Waals surface area contributed by atoms with Crippen LogP contribution in [0, 0.1) is 5.41 Å². The minimum absolute atomic E-state index is 0.127. The van der Waals surface area contributed by atoms with Crippen molar-refractivity contribution in [2.75, 3.05) is 27.2 Å². The Kier molecular flexibility index (Phi) is 17.7. The zero-order chi connectivity index (χ0) is 21.1. The third-order valence-electron chi connectivity index (χ3n) is 5.17. The fourth-order valence-corrected chi connectivity index (χ4v) is 3.69. The van der Waals surface area contributed by atoms with Gasteiger partial charge in [-0.15, -0.1) is 0 Å². The minimum atomic E-state index is 0.127. The van der Waals surface area contributed by atoms with Crippen molar-refractivity contribution in [3.8, 4) is 0 Å². The van der Waals surface area contributed by atoms with Crippen LogP contribution in [0.4, 0.5) is 0 Å². The highest BCUT2D eigenvalue weighted by molar-refractivity contribution is 5.75. The minimum Gasteiger partial charge on any atom is -0.356 e. The first kappa shape index (κ1) is 27.2. The molecule has 0 bridgehead atoms. The van der Waals surface area contributed by atoms with Gasteiger partial charge in [0, 0.05) is 19.5 Å². The summed E-state index contributed by atoms with van der Waals surface area (Å²) in [6.07, 6.45) is 22.2. The van der Waals surface area contributed by atoms with Crippen LogP contribution in [0.1, 0.15) is 111 Å². The number of allylic oxidation sites excluding steroid dienone is 2. The van der Waals surface area contributed by atoms with E-state index in [0.717, 1.165) is 19.5 Å². The molecule has 0 atom stereocenters. The Hall–Kier alpha value is -0.830. The first-order valence-corrected chi connectivity index (χ1v) is 11.9. The molecule has 166 valence electrons. The Morgan fingerprint density at radius 2 is 1.32 bits per heavy atom. The highest BCUT2D eigenvalue weighted by Gasteiger charge is 2.19. The second kappa shape index (κ2) is 18.2. The summed E-state index contributed by atoms with van der Waals surface area (Å²) in [6.45, 7) is 8.43. The summed E-state index contributed by atoms with van der Waals surface area (Å²) in [5.74, 6) is 0.212. The Bertz CT molecular complexity index is 388. The second-order valence-electron chi connectivity index (χ2n) is 9.51. The number of rotatable bonds is 19.